The van der Waals surface area contributed by atoms with Gasteiger partial charge in [0.15, 0.2) is 0 Å². The zero-order chi connectivity index (χ0) is 14.0. The van der Waals surface area contributed by atoms with Gasteiger partial charge in [-0.05, 0) is 31.5 Å². The van der Waals surface area contributed by atoms with E-state index in [0.29, 0.717) is 10.9 Å². The number of nitrogens with one attached hydrogen (secondary N) is 2. The van der Waals surface area contributed by atoms with Crippen LogP contribution in [0.25, 0.3) is 10.9 Å². The van der Waals surface area contributed by atoms with Crippen LogP contribution in [0.1, 0.15) is 30.6 Å². The van der Waals surface area contributed by atoms with Crippen LogP contribution in [0.2, 0.25) is 0 Å². The van der Waals surface area contributed by atoms with Crippen molar-refractivity contribution in [2.24, 2.45) is 0 Å². The Kier molecular flexibility index (Phi) is 3.64. The molecule has 2 N–H and O–H groups in total. The Morgan fingerprint density at radius 2 is 2.16 bits per heavy atom. The normalized spacial score (nSPS) is 12.4. The molecule has 2 rings (SSSR count). The van der Waals surface area contributed by atoms with Crippen molar-refractivity contribution in [3.05, 3.63) is 35.8 Å². The summed E-state index contributed by atoms with van der Waals surface area (Å²) in [6, 6.07) is 4.01. The van der Waals surface area contributed by atoms with Crippen molar-refractivity contribution in [1.82, 2.24) is 10.3 Å². The molecule has 1 atom stereocenters. The molecular formula is C14H15FN2O2. The van der Waals surface area contributed by atoms with Gasteiger partial charge in [-0.15, -0.1) is 0 Å². The summed E-state index contributed by atoms with van der Waals surface area (Å²) in [7, 11) is 0. The molecule has 0 saturated heterocycles. The number of fused-ring (bicyclic) bond motifs is 1. The number of amides is 1. The predicted octanol–water partition coefficient (Wildman–Crippen LogP) is 2.40. The molecule has 0 bridgehead atoms. The summed E-state index contributed by atoms with van der Waals surface area (Å²) < 4.78 is 13.2. The van der Waals surface area contributed by atoms with Crippen molar-refractivity contribution in [2.45, 2.75) is 26.3 Å². The van der Waals surface area contributed by atoms with Gasteiger partial charge in [-0.3, -0.25) is 9.59 Å². The van der Waals surface area contributed by atoms with Gasteiger partial charge >= 0.3 is 0 Å². The van der Waals surface area contributed by atoms with Crippen LogP contribution < -0.4 is 5.32 Å². The summed E-state index contributed by atoms with van der Waals surface area (Å²) in [5.41, 5.74) is 0.816. The Balaban J connectivity index is 2.31. The molecule has 1 amide bonds. The fourth-order valence-corrected chi connectivity index (χ4v) is 1.79. The molecule has 0 aliphatic rings. The molecule has 100 valence electrons. The Bertz CT molecular complexity index is 633. The molecule has 1 unspecified atom stereocenters. The lowest BCUT2D eigenvalue weighted by atomic mass is 10.1. The van der Waals surface area contributed by atoms with Crippen molar-refractivity contribution in [3.63, 3.8) is 0 Å². The highest BCUT2D eigenvalue weighted by Crippen LogP contribution is 2.19. The first-order chi connectivity index (χ1) is 9.02. The van der Waals surface area contributed by atoms with E-state index in [-0.39, 0.29) is 11.6 Å². The molecule has 0 spiro atoms. The summed E-state index contributed by atoms with van der Waals surface area (Å²) in [6.07, 6.45) is 2.17. The largest absolute Gasteiger partial charge is 0.360 e. The molecule has 5 heteroatoms. The number of carbonyl (C=O) groups is 2. The first kappa shape index (κ1) is 13.3. The van der Waals surface area contributed by atoms with Gasteiger partial charge in [0.1, 0.15) is 5.82 Å². The zero-order valence-electron chi connectivity index (χ0n) is 10.8. The average Bonchev–Trinajstić information content (AvgIpc) is 2.80. The number of aromatic nitrogens is 1. The number of benzene rings is 1. The van der Waals surface area contributed by atoms with Gasteiger partial charge in [-0.1, -0.05) is 6.92 Å². The Morgan fingerprint density at radius 3 is 2.84 bits per heavy atom. The highest BCUT2D eigenvalue weighted by atomic mass is 19.1. The molecule has 0 aliphatic carbocycles. The van der Waals surface area contributed by atoms with Gasteiger partial charge in [-0.2, -0.15) is 0 Å². The monoisotopic (exact) mass is 262 g/mol. The standard InChI is InChI=1S/C14H15FN2O2/c1-3-8(2)17-14(19)13(18)11-7-16-12-5-4-9(15)6-10(11)12/h4-8,16H,3H2,1-2H3,(H,17,19). The van der Waals surface area contributed by atoms with Crippen LogP contribution in [0.15, 0.2) is 24.4 Å². The molecule has 1 heterocycles. The van der Waals surface area contributed by atoms with Crippen molar-refractivity contribution >= 4 is 22.6 Å². The van der Waals surface area contributed by atoms with Crippen molar-refractivity contribution < 1.29 is 14.0 Å². The number of aromatic amines is 1. The third-order valence-electron chi connectivity index (χ3n) is 3.08. The van der Waals surface area contributed by atoms with Crippen LogP contribution >= 0.6 is 0 Å². The van der Waals surface area contributed by atoms with Gasteiger partial charge in [-0.25, -0.2) is 4.39 Å². The second-order valence-corrected chi connectivity index (χ2v) is 4.50. The van der Waals surface area contributed by atoms with E-state index in [9.17, 15) is 14.0 Å². The SMILES string of the molecule is CCC(C)NC(=O)C(=O)c1c[nH]c2ccc(F)cc12. The number of H-pyrrole nitrogens is 1. The second kappa shape index (κ2) is 5.22. The molecule has 2 aromatic rings. The molecule has 0 aliphatic heterocycles. The first-order valence-electron chi connectivity index (χ1n) is 6.14. The van der Waals surface area contributed by atoms with E-state index in [4.69, 9.17) is 0 Å². The highest BCUT2D eigenvalue weighted by Gasteiger charge is 2.21. The number of Topliss-reactive ketones (excluding diaryl/α,β-unsaturated/α-hetero) is 1. The summed E-state index contributed by atoms with van der Waals surface area (Å²) in [5.74, 6) is -1.76. The van der Waals surface area contributed by atoms with Crippen LogP contribution in [0, 0.1) is 5.82 Å². The first-order valence-corrected chi connectivity index (χ1v) is 6.14. The lowest BCUT2D eigenvalue weighted by Crippen LogP contribution is -2.37. The lowest BCUT2D eigenvalue weighted by molar-refractivity contribution is -0.117. The Labute approximate surface area is 110 Å². The quantitative estimate of drug-likeness (QED) is 0.656. The van der Waals surface area contributed by atoms with E-state index in [0.717, 1.165) is 6.42 Å². The maximum atomic E-state index is 13.2. The number of hydrogen-bond acceptors (Lipinski definition) is 2. The fraction of sp³-hybridized carbons (Fsp3) is 0.286. The molecule has 4 nitrogen and oxygen atoms in total. The van der Waals surface area contributed by atoms with Gasteiger partial charge in [0.25, 0.3) is 11.7 Å². The Morgan fingerprint density at radius 1 is 1.42 bits per heavy atom. The smallest absolute Gasteiger partial charge is 0.292 e. The van der Waals surface area contributed by atoms with E-state index < -0.39 is 17.5 Å². The number of hydrogen-bond donors (Lipinski definition) is 2. The fourth-order valence-electron chi connectivity index (χ4n) is 1.79. The van der Waals surface area contributed by atoms with Gasteiger partial charge in [0.05, 0.1) is 5.56 Å². The van der Waals surface area contributed by atoms with Gasteiger partial charge < -0.3 is 10.3 Å². The van der Waals surface area contributed by atoms with E-state index in [1.165, 1.54) is 24.4 Å². The summed E-state index contributed by atoms with van der Waals surface area (Å²) in [6.45, 7) is 3.73. The minimum Gasteiger partial charge on any atom is -0.360 e. The van der Waals surface area contributed by atoms with Crippen LogP contribution in [-0.2, 0) is 4.79 Å². The summed E-state index contributed by atoms with van der Waals surface area (Å²) >= 11 is 0. The van der Waals surface area contributed by atoms with Crippen LogP contribution in [0.4, 0.5) is 4.39 Å². The maximum absolute atomic E-state index is 13.2. The molecule has 1 aromatic carbocycles. The van der Waals surface area contributed by atoms with Crippen LogP contribution in [0.3, 0.4) is 0 Å². The van der Waals surface area contributed by atoms with Crippen molar-refractivity contribution in [1.29, 1.82) is 0 Å². The second-order valence-electron chi connectivity index (χ2n) is 4.50. The number of rotatable bonds is 4. The van der Waals surface area contributed by atoms with E-state index in [1.807, 2.05) is 13.8 Å². The van der Waals surface area contributed by atoms with Crippen molar-refractivity contribution in [2.75, 3.05) is 0 Å². The topological polar surface area (TPSA) is 62.0 Å². The van der Waals surface area contributed by atoms with E-state index in [1.54, 1.807) is 0 Å². The van der Waals surface area contributed by atoms with E-state index in [2.05, 4.69) is 10.3 Å². The molecule has 0 saturated carbocycles. The number of halogens is 1. The van der Waals surface area contributed by atoms with E-state index >= 15 is 0 Å². The number of ketones is 1. The summed E-state index contributed by atoms with van der Waals surface area (Å²) in [5, 5.41) is 3.02. The van der Waals surface area contributed by atoms with Crippen molar-refractivity contribution in [3.8, 4) is 0 Å². The van der Waals surface area contributed by atoms with Crippen LogP contribution in [-0.4, -0.2) is 22.7 Å². The predicted molar refractivity (Wildman–Crippen MR) is 70.5 cm³/mol. The average molecular weight is 262 g/mol. The van der Waals surface area contributed by atoms with Gasteiger partial charge in [0.2, 0.25) is 0 Å². The third-order valence-corrected chi connectivity index (χ3v) is 3.08. The number of carbonyl (C=O) groups excluding carboxylic acids is 2. The molecular weight excluding hydrogens is 247 g/mol. The van der Waals surface area contributed by atoms with Gasteiger partial charge in [0, 0.05) is 23.1 Å². The zero-order valence-corrected chi connectivity index (χ0v) is 10.8. The minimum absolute atomic E-state index is 0.0709. The lowest BCUT2D eigenvalue weighted by Gasteiger charge is -2.09. The summed E-state index contributed by atoms with van der Waals surface area (Å²) in [4.78, 5) is 26.7. The maximum Gasteiger partial charge on any atom is 0.292 e. The minimum atomic E-state index is -0.667. The Hall–Kier alpha value is -2.17. The highest BCUT2D eigenvalue weighted by molar-refractivity contribution is 6.45. The third kappa shape index (κ3) is 2.65. The van der Waals surface area contributed by atoms with Crippen LogP contribution in [0.5, 0.6) is 0 Å². The molecule has 1 aromatic heterocycles. The molecule has 0 fully saturated rings. The molecule has 0 radical (unpaired) electrons. The molecule has 19 heavy (non-hydrogen) atoms.